The van der Waals surface area contributed by atoms with E-state index in [9.17, 15) is 9.59 Å². The van der Waals surface area contributed by atoms with Gasteiger partial charge in [-0.3, -0.25) is 9.59 Å². The van der Waals surface area contributed by atoms with Crippen molar-refractivity contribution in [3.63, 3.8) is 0 Å². The van der Waals surface area contributed by atoms with Crippen LogP contribution in [0.15, 0.2) is 18.2 Å². The summed E-state index contributed by atoms with van der Waals surface area (Å²) in [5.74, 6) is 1.06. The van der Waals surface area contributed by atoms with Gasteiger partial charge in [0.15, 0.2) is 11.5 Å². The first-order valence-electron chi connectivity index (χ1n) is 10.3. The molecule has 1 aromatic heterocycles. The van der Waals surface area contributed by atoms with E-state index in [2.05, 4.69) is 24.5 Å². The number of benzene rings is 1. The van der Waals surface area contributed by atoms with Gasteiger partial charge in [0.1, 0.15) is 18.2 Å². The standard InChI is InChI=1S/C22H27N3O4S/c1-12(2)20(13-6-7-15-16(10-13)29-9-8-28-15)24-11-18(26)25-22-19(21(23)27)14-4-3-5-17(14)30-22/h6-7,10,12,20,24H,3-5,8-9,11H2,1-2H3,(H2,23,27)(H,25,26). The minimum atomic E-state index is -0.478. The maximum absolute atomic E-state index is 12.6. The summed E-state index contributed by atoms with van der Waals surface area (Å²) >= 11 is 1.47. The van der Waals surface area contributed by atoms with E-state index >= 15 is 0 Å². The predicted molar refractivity (Wildman–Crippen MR) is 117 cm³/mol. The molecule has 8 heteroatoms. The Balaban J connectivity index is 1.44. The van der Waals surface area contributed by atoms with E-state index < -0.39 is 5.91 Å². The molecular weight excluding hydrogens is 402 g/mol. The molecule has 2 amide bonds. The molecule has 0 saturated carbocycles. The number of nitrogens with one attached hydrogen (secondary N) is 2. The smallest absolute Gasteiger partial charge is 0.251 e. The van der Waals surface area contributed by atoms with Crippen LogP contribution in [0.1, 0.15) is 52.7 Å². The summed E-state index contributed by atoms with van der Waals surface area (Å²) in [5.41, 5.74) is 8.10. The van der Waals surface area contributed by atoms with Gasteiger partial charge in [0, 0.05) is 10.9 Å². The maximum atomic E-state index is 12.6. The lowest BCUT2D eigenvalue weighted by molar-refractivity contribution is -0.115. The molecule has 0 spiro atoms. The molecular formula is C22H27N3O4S. The number of hydrogen-bond acceptors (Lipinski definition) is 6. The van der Waals surface area contributed by atoms with E-state index in [4.69, 9.17) is 15.2 Å². The number of anilines is 1. The van der Waals surface area contributed by atoms with Gasteiger partial charge in [-0.25, -0.2) is 0 Å². The summed E-state index contributed by atoms with van der Waals surface area (Å²) in [6, 6.07) is 5.85. The van der Waals surface area contributed by atoms with Crippen LogP contribution in [0.25, 0.3) is 0 Å². The van der Waals surface area contributed by atoms with Gasteiger partial charge >= 0.3 is 0 Å². The Hall–Kier alpha value is -2.58. The second kappa shape index (κ2) is 8.65. The van der Waals surface area contributed by atoms with Gasteiger partial charge in [-0.05, 0) is 48.4 Å². The van der Waals surface area contributed by atoms with Gasteiger partial charge in [0.05, 0.1) is 12.1 Å². The largest absolute Gasteiger partial charge is 0.486 e. The molecule has 1 aromatic carbocycles. The first kappa shape index (κ1) is 20.7. The Morgan fingerprint density at radius 2 is 1.93 bits per heavy atom. The molecule has 1 atom stereocenters. The zero-order valence-corrected chi connectivity index (χ0v) is 18.1. The van der Waals surface area contributed by atoms with Crippen molar-refractivity contribution >= 4 is 28.2 Å². The van der Waals surface area contributed by atoms with Gasteiger partial charge in [0.25, 0.3) is 5.91 Å². The van der Waals surface area contributed by atoms with E-state index in [-0.39, 0.29) is 24.4 Å². The number of primary amides is 1. The molecule has 1 aliphatic carbocycles. The lowest BCUT2D eigenvalue weighted by Gasteiger charge is -2.25. The van der Waals surface area contributed by atoms with Crippen molar-refractivity contribution in [2.75, 3.05) is 25.1 Å². The number of fused-ring (bicyclic) bond motifs is 2. The highest BCUT2D eigenvalue weighted by Crippen LogP contribution is 2.39. The van der Waals surface area contributed by atoms with Crippen molar-refractivity contribution in [2.24, 2.45) is 11.7 Å². The lowest BCUT2D eigenvalue weighted by Crippen LogP contribution is -2.34. The molecule has 4 rings (SSSR count). The first-order valence-corrected chi connectivity index (χ1v) is 11.1. The van der Waals surface area contributed by atoms with Crippen LogP contribution in [-0.4, -0.2) is 31.6 Å². The van der Waals surface area contributed by atoms with E-state index in [1.165, 1.54) is 11.3 Å². The van der Waals surface area contributed by atoms with Crippen LogP contribution < -0.4 is 25.8 Å². The van der Waals surface area contributed by atoms with Crippen LogP contribution in [-0.2, 0) is 17.6 Å². The molecule has 0 bridgehead atoms. The zero-order chi connectivity index (χ0) is 21.3. The van der Waals surface area contributed by atoms with Crippen LogP contribution in [0.3, 0.4) is 0 Å². The fourth-order valence-corrected chi connectivity index (χ4v) is 5.43. The van der Waals surface area contributed by atoms with Crippen molar-refractivity contribution in [3.05, 3.63) is 39.8 Å². The van der Waals surface area contributed by atoms with Gasteiger partial charge in [0.2, 0.25) is 5.91 Å². The van der Waals surface area contributed by atoms with Crippen LogP contribution in [0.5, 0.6) is 11.5 Å². The van der Waals surface area contributed by atoms with Gasteiger partial charge in [-0.2, -0.15) is 0 Å². The lowest BCUT2D eigenvalue weighted by atomic mass is 9.95. The minimum absolute atomic E-state index is 0.0319. The fraction of sp³-hybridized carbons (Fsp3) is 0.455. The molecule has 2 aliphatic rings. The minimum Gasteiger partial charge on any atom is -0.486 e. The molecule has 4 N–H and O–H groups in total. The molecule has 30 heavy (non-hydrogen) atoms. The summed E-state index contributed by atoms with van der Waals surface area (Å²) in [6.45, 7) is 5.41. The number of carbonyl (C=O) groups excluding carboxylic acids is 2. The second-order valence-electron chi connectivity index (χ2n) is 7.98. The highest BCUT2D eigenvalue weighted by atomic mass is 32.1. The number of nitrogens with two attached hydrogens (primary N) is 1. The average Bonchev–Trinajstić information content (AvgIpc) is 3.28. The van der Waals surface area contributed by atoms with Crippen molar-refractivity contribution < 1.29 is 19.1 Å². The van der Waals surface area contributed by atoms with Crippen molar-refractivity contribution in [3.8, 4) is 11.5 Å². The summed E-state index contributed by atoms with van der Waals surface area (Å²) in [7, 11) is 0. The summed E-state index contributed by atoms with van der Waals surface area (Å²) in [6.07, 6.45) is 2.81. The maximum Gasteiger partial charge on any atom is 0.251 e. The third kappa shape index (κ3) is 4.15. The normalized spacial score (nSPS) is 15.7. The summed E-state index contributed by atoms with van der Waals surface area (Å²) in [5, 5.41) is 6.80. The molecule has 1 unspecified atom stereocenters. The molecule has 0 saturated heterocycles. The number of carbonyl (C=O) groups is 2. The van der Waals surface area contributed by atoms with Gasteiger partial charge in [-0.1, -0.05) is 19.9 Å². The Morgan fingerprint density at radius 1 is 1.17 bits per heavy atom. The van der Waals surface area contributed by atoms with E-state index in [1.807, 2.05) is 18.2 Å². The molecule has 7 nitrogen and oxygen atoms in total. The Kier molecular flexibility index (Phi) is 5.97. The summed E-state index contributed by atoms with van der Waals surface area (Å²) in [4.78, 5) is 25.7. The third-order valence-electron chi connectivity index (χ3n) is 5.50. The highest BCUT2D eigenvalue weighted by Gasteiger charge is 2.26. The van der Waals surface area contributed by atoms with Crippen LogP contribution in [0, 0.1) is 5.92 Å². The zero-order valence-electron chi connectivity index (χ0n) is 17.2. The molecule has 2 heterocycles. The van der Waals surface area contributed by atoms with Crippen molar-refractivity contribution in [2.45, 2.75) is 39.2 Å². The van der Waals surface area contributed by atoms with Crippen LogP contribution in [0.4, 0.5) is 5.00 Å². The van der Waals surface area contributed by atoms with Gasteiger partial charge in [-0.15, -0.1) is 11.3 Å². The number of amides is 2. The second-order valence-corrected chi connectivity index (χ2v) is 9.08. The summed E-state index contributed by atoms with van der Waals surface area (Å²) < 4.78 is 11.3. The predicted octanol–water partition coefficient (Wildman–Crippen LogP) is 3.03. The Bertz CT molecular complexity index is 970. The molecule has 2 aromatic rings. The number of rotatable bonds is 7. The van der Waals surface area contributed by atoms with Gasteiger partial charge < -0.3 is 25.8 Å². The fourth-order valence-electron chi connectivity index (χ4n) is 4.12. The topological polar surface area (TPSA) is 103 Å². The molecule has 160 valence electrons. The number of aryl methyl sites for hydroxylation is 1. The first-order chi connectivity index (χ1) is 14.4. The monoisotopic (exact) mass is 429 g/mol. The van der Waals surface area contributed by atoms with Crippen LogP contribution in [0.2, 0.25) is 0 Å². The highest BCUT2D eigenvalue weighted by molar-refractivity contribution is 7.17. The average molecular weight is 430 g/mol. The van der Waals surface area contributed by atoms with E-state index in [0.29, 0.717) is 23.8 Å². The van der Waals surface area contributed by atoms with E-state index in [0.717, 1.165) is 46.8 Å². The van der Waals surface area contributed by atoms with Crippen molar-refractivity contribution in [1.29, 1.82) is 0 Å². The van der Waals surface area contributed by atoms with Crippen LogP contribution >= 0.6 is 11.3 Å². The Labute approximate surface area is 179 Å². The molecule has 1 aliphatic heterocycles. The number of ether oxygens (including phenoxy) is 2. The molecule has 0 fully saturated rings. The van der Waals surface area contributed by atoms with Crippen molar-refractivity contribution in [1.82, 2.24) is 5.32 Å². The molecule has 0 radical (unpaired) electrons. The third-order valence-corrected chi connectivity index (χ3v) is 6.70. The SMILES string of the molecule is CC(C)C(NCC(=O)Nc1sc2c(c1C(N)=O)CCC2)c1ccc2c(c1)OCCO2. The van der Waals surface area contributed by atoms with E-state index in [1.54, 1.807) is 0 Å². The Morgan fingerprint density at radius 3 is 2.67 bits per heavy atom. The number of thiophene rings is 1. The number of hydrogen-bond donors (Lipinski definition) is 3. The quantitative estimate of drug-likeness (QED) is 0.628.